The van der Waals surface area contributed by atoms with Crippen LogP contribution in [0.1, 0.15) is 28.8 Å². The fraction of sp³-hybridized carbons (Fsp3) is 0.533. The third-order valence-electron chi connectivity index (χ3n) is 3.78. The second-order valence-electron chi connectivity index (χ2n) is 5.06. The van der Waals surface area contributed by atoms with Crippen molar-refractivity contribution in [1.29, 1.82) is 0 Å². The lowest BCUT2D eigenvalue weighted by molar-refractivity contribution is 0.0688. The number of nitrogens with zero attached hydrogens (tertiary/aromatic N) is 1. The van der Waals surface area contributed by atoms with Gasteiger partial charge < -0.3 is 15.4 Å². The van der Waals surface area contributed by atoms with Gasteiger partial charge in [-0.3, -0.25) is 4.79 Å². The van der Waals surface area contributed by atoms with Crippen LogP contribution in [0, 0.1) is 5.92 Å². The maximum absolute atomic E-state index is 12.5. The molecule has 1 amide bonds. The number of carbonyl (C=O) groups excluding carboxylic acids is 1. The average Bonchev–Trinajstić information content (AvgIpc) is 2.47. The van der Waals surface area contributed by atoms with Crippen LogP contribution in [0.4, 0.5) is 0 Å². The van der Waals surface area contributed by atoms with Gasteiger partial charge in [-0.2, -0.15) is 0 Å². The van der Waals surface area contributed by atoms with Gasteiger partial charge in [0.2, 0.25) is 0 Å². The maximum atomic E-state index is 12.5. The molecular weight excluding hydrogens is 240 g/mol. The van der Waals surface area contributed by atoms with E-state index in [1.807, 2.05) is 29.2 Å². The molecule has 2 rings (SSSR count). The van der Waals surface area contributed by atoms with Gasteiger partial charge in [0.25, 0.3) is 5.91 Å². The Labute approximate surface area is 114 Å². The standard InChI is InChI=1S/C15H22N2O2/c1-19-11-13-4-2-3-5-14(13)15(18)17-8-6-12(10-16)7-9-17/h2-5,12H,6-11,16H2,1H3. The molecule has 1 saturated heterocycles. The van der Waals surface area contributed by atoms with Crippen LogP contribution >= 0.6 is 0 Å². The minimum atomic E-state index is 0.114. The van der Waals surface area contributed by atoms with Gasteiger partial charge in [0.15, 0.2) is 0 Å². The predicted molar refractivity (Wildman–Crippen MR) is 74.8 cm³/mol. The Morgan fingerprint density at radius 1 is 1.37 bits per heavy atom. The average molecular weight is 262 g/mol. The van der Waals surface area contributed by atoms with Gasteiger partial charge in [-0.05, 0) is 36.9 Å². The van der Waals surface area contributed by atoms with E-state index in [1.54, 1.807) is 7.11 Å². The van der Waals surface area contributed by atoms with Gasteiger partial charge >= 0.3 is 0 Å². The van der Waals surface area contributed by atoms with Crippen LogP contribution in [0.5, 0.6) is 0 Å². The zero-order chi connectivity index (χ0) is 13.7. The van der Waals surface area contributed by atoms with Crippen molar-refractivity contribution in [1.82, 2.24) is 4.90 Å². The van der Waals surface area contributed by atoms with Gasteiger partial charge in [-0.1, -0.05) is 18.2 Å². The Hall–Kier alpha value is -1.39. The highest BCUT2D eigenvalue weighted by molar-refractivity contribution is 5.95. The molecule has 1 fully saturated rings. The number of rotatable bonds is 4. The molecule has 0 radical (unpaired) electrons. The normalized spacial score (nSPS) is 16.6. The van der Waals surface area contributed by atoms with Gasteiger partial charge in [0.05, 0.1) is 6.61 Å². The first-order valence-electron chi connectivity index (χ1n) is 6.82. The second-order valence-corrected chi connectivity index (χ2v) is 5.06. The van der Waals surface area contributed by atoms with E-state index in [0.29, 0.717) is 12.5 Å². The summed E-state index contributed by atoms with van der Waals surface area (Å²) >= 11 is 0. The van der Waals surface area contributed by atoms with E-state index in [1.165, 1.54) is 0 Å². The summed E-state index contributed by atoms with van der Waals surface area (Å²) in [5.41, 5.74) is 7.39. The molecular formula is C15H22N2O2. The lowest BCUT2D eigenvalue weighted by Gasteiger charge is -2.31. The minimum Gasteiger partial charge on any atom is -0.380 e. The van der Waals surface area contributed by atoms with Crippen molar-refractivity contribution in [3.63, 3.8) is 0 Å². The highest BCUT2D eigenvalue weighted by Gasteiger charge is 2.24. The summed E-state index contributed by atoms with van der Waals surface area (Å²) in [6, 6.07) is 7.67. The molecule has 0 spiro atoms. The van der Waals surface area contributed by atoms with Gasteiger partial charge in [0.1, 0.15) is 0 Å². The third-order valence-corrected chi connectivity index (χ3v) is 3.78. The molecule has 2 N–H and O–H groups in total. The number of amides is 1. The van der Waals surface area contributed by atoms with Crippen molar-refractivity contribution >= 4 is 5.91 Å². The van der Waals surface area contributed by atoms with Gasteiger partial charge in [-0.25, -0.2) is 0 Å². The number of benzene rings is 1. The zero-order valence-corrected chi connectivity index (χ0v) is 11.5. The summed E-state index contributed by atoms with van der Waals surface area (Å²) in [7, 11) is 1.65. The Kier molecular flexibility index (Phi) is 4.93. The topological polar surface area (TPSA) is 55.6 Å². The number of methoxy groups -OCH3 is 1. The molecule has 4 heteroatoms. The number of nitrogens with two attached hydrogens (primary N) is 1. The van der Waals surface area contributed by atoms with E-state index in [4.69, 9.17) is 10.5 Å². The molecule has 0 atom stereocenters. The molecule has 0 bridgehead atoms. The largest absolute Gasteiger partial charge is 0.380 e. The van der Waals surface area contributed by atoms with Crippen molar-refractivity contribution in [3.05, 3.63) is 35.4 Å². The molecule has 0 unspecified atom stereocenters. The highest BCUT2D eigenvalue weighted by atomic mass is 16.5. The van der Waals surface area contributed by atoms with E-state index in [9.17, 15) is 4.79 Å². The van der Waals surface area contributed by atoms with Crippen LogP contribution in [0.2, 0.25) is 0 Å². The van der Waals surface area contributed by atoms with Crippen LogP contribution in [0.3, 0.4) is 0 Å². The fourth-order valence-corrected chi connectivity index (χ4v) is 2.55. The van der Waals surface area contributed by atoms with Crippen molar-refractivity contribution in [2.24, 2.45) is 11.7 Å². The molecule has 1 aromatic rings. The monoisotopic (exact) mass is 262 g/mol. The number of piperidine rings is 1. The lowest BCUT2D eigenvalue weighted by Crippen LogP contribution is -2.40. The number of ether oxygens (including phenoxy) is 1. The zero-order valence-electron chi connectivity index (χ0n) is 11.5. The first-order chi connectivity index (χ1) is 9.26. The Bertz CT molecular complexity index is 426. The van der Waals surface area contributed by atoms with Crippen LogP contribution < -0.4 is 5.73 Å². The van der Waals surface area contributed by atoms with Crippen molar-refractivity contribution < 1.29 is 9.53 Å². The predicted octanol–water partition coefficient (Wildman–Crippen LogP) is 1.64. The van der Waals surface area contributed by atoms with Gasteiger partial charge in [0, 0.05) is 25.8 Å². The van der Waals surface area contributed by atoms with E-state index in [0.717, 1.165) is 43.6 Å². The summed E-state index contributed by atoms with van der Waals surface area (Å²) in [4.78, 5) is 14.5. The molecule has 1 heterocycles. The number of hydrogen-bond acceptors (Lipinski definition) is 3. The number of hydrogen-bond donors (Lipinski definition) is 1. The number of likely N-dealkylation sites (tertiary alicyclic amines) is 1. The quantitative estimate of drug-likeness (QED) is 0.897. The fourth-order valence-electron chi connectivity index (χ4n) is 2.55. The Morgan fingerprint density at radius 2 is 2.05 bits per heavy atom. The molecule has 0 saturated carbocycles. The summed E-state index contributed by atoms with van der Waals surface area (Å²) in [6.07, 6.45) is 2.02. The van der Waals surface area contributed by atoms with Crippen molar-refractivity contribution in [3.8, 4) is 0 Å². The van der Waals surface area contributed by atoms with Crippen molar-refractivity contribution in [2.75, 3.05) is 26.7 Å². The molecule has 1 aliphatic heterocycles. The lowest BCUT2D eigenvalue weighted by atomic mass is 9.96. The van der Waals surface area contributed by atoms with E-state index in [2.05, 4.69) is 0 Å². The highest BCUT2D eigenvalue weighted by Crippen LogP contribution is 2.19. The Balaban J connectivity index is 2.07. The summed E-state index contributed by atoms with van der Waals surface area (Å²) in [5, 5.41) is 0. The molecule has 1 aromatic carbocycles. The van der Waals surface area contributed by atoms with Crippen LogP contribution in [0.25, 0.3) is 0 Å². The molecule has 19 heavy (non-hydrogen) atoms. The number of carbonyl (C=O) groups is 1. The first-order valence-corrected chi connectivity index (χ1v) is 6.82. The molecule has 0 aromatic heterocycles. The SMILES string of the molecule is COCc1ccccc1C(=O)N1CCC(CN)CC1. The third kappa shape index (κ3) is 3.33. The van der Waals surface area contributed by atoms with E-state index < -0.39 is 0 Å². The van der Waals surface area contributed by atoms with E-state index in [-0.39, 0.29) is 5.91 Å². The van der Waals surface area contributed by atoms with Crippen LogP contribution in [-0.4, -0.2) is 37.6 Å². The van der Waals surface area contributed by atoms with Crippen molar-refractivity contribution in [2.45, 2.75) is 19.4 Å². The molecule has 0 aliphatic carbocycles. The summed E-state index contributed by atoms with van der Waals surface area (Å²) in [5.74, 6) is 0.682. The molecule has 4 nitrogen and oxygen atoms in total. The van der Waals surface area contributed by atoms with Gasteiger partial charge in [-0.15, -0.1) is 0 Å². The minimum absolute atomic E-state index is 0.114. The molecule has 1 aliphatic rings. The summed E-state index contributed by atoms with van der Waals surface area (Å²) in [6.45, 7) is 2.81. The molecule has 104 valence electrons. The van der Waals surface area contributed by atoms with E-state index >= 15 is 0 Å². The maximum Gasteiger partial charge on any atom is 0.254 e. The van der Waals surface area contributed by atoms with Crippen LogP contribution in [0.15, 0.2) is 24.3 Å². The smallest absolute Gasteiger partial charge is 0.254 e. The van der Waals surface area contributed by atoms with Crippen LogP contribution in [-0.2, 0) is 11.3 Å². The summed E-state index contributed by atoms with van der Waals surface area (Å²) < 4.78 is 5.15. The second kappa shape index (κ2) is 6.68. The first kappa shape index (κ1) is 14.0. The Morgan fingerprint density at radius 3 is 2.68 bits per heavy atom.